The van der Waals surface area contributed by atoms with Gasteiger partial charge in [-0.15, -0.1) is 0 Å². The van der Waals surface area contributed by atoms with E-state index in [1.165, 1.54) is 38.9 Å². The Hall–Kier alpha value is -0.0400. The van der Waals surface area contributed by atoms with E-state index in [0.717, 1.165) is 17.8 Å². The molecule has 2 unspecified atom stereocenters. The Balaban J connectivity index is 0.000000461. The number of piperidine rings is 1. The number of likely N-dealkylation sites (tertiary alicyclic amines) is 1. The van der Waals surface area contributed by atoms with Gasteiger partial charge in [-0.2, -0.15) is 0 Å². The van der Waals surface area contributed by atoms with Crippen LogP contribution in [0.4, 0.5) is 0 Å². The van der Waals surface area contributed by atoms with Gasteiger partial charge in [-0.1, -0.05) is 27.7 Å². The average molecular weight is 197 g/mol. The molecule has 2 fully saturated rings. The highest BCUT2D eigenvalue weighted by Crippen LogP contribution is 2.32. The van der Waals surface area contributed by atoms with Gasteiger partial charge in [0, 0.05) is 13.1 Å². The van der Waals surface area contributed by atoms with E-state index in [9.17, 15) is 0 Å². The van der Waals surface area contributed by atoms with Crippen LogP contribution >= 0.6 is 0 Å². The minimum absolute atomic E-state index is 0.928. The molecule has 1 aliphatic carbocycles. The summed E-state index contributed by atoms with van der Waals surface area (Å²) in [5.41, 5.74) is 0. The highest BCUT2D eigenvalue weighted by atomic mass is 15.1. The largest absolute Gasteiger partial charge is 0.303 e. The summed E-state index contributed by atoms with van der Waals surface area (Å²) >= 11 is 0. The zero-order valence-corrected chi connectivity index (χ0v) is 10.4. The summed E-state index contributed by atoms with van der Waals surface area (Å²) in [5.74, 6) is 2.96. The lowest BCUT2D eigenvalue weighted by Crippen LogP contribution is -2.39. The summed E-state index contributed by atoms with van der Waals surface area (Å²) in [6.45, 7) is 12.9. The monoisotopic (exact) mass is 197 g/mol. The first kappa shape index (κ1) is 12.0. The Morgan fingerprint density at radius 3 is 2.14 bits per heavy atom. The van der Waals surface area contributed by atoms with Gasteiger partial charge in [0.2, 0.25) is 0 Å². The number of hydrogen-bond acceptors (Lipinski definition) is 1. The van der Waals surface area contributed by atoms with E-state index < -0.39 is 0 Å². The van der Waals surface area contributed by atoms with Crippen LogP contribution in [0.25, 0.3) is 0 Å². The Bertz CT molecular complexity index is 151. The van der Waals surface area contributed by atoms with Gasteiger partial charge in [0.25, 0.3) is 0 Å². The average Bonchev–Trinajstić information content (AvgIpc) is 2.99. The van der Waals surface area contributed by atoms with Gasteiger partial charge in [-0.3, -0.25) is 0 Å². The van der Waals surface area contributed by atoms with Crippen molar-refractivity contribution in [2.24, 2.45) is 17.8 Å². The molecule has 1 heteroatoms. The maximum Gasteiger partial charge on any atom is 0.000978 e. The molecule has 1 aliphatic heterocycles. The Kier molecular flexibility index (Phi) is 4.94. The summed E-state index contributed by atoms with van der Waals surface area (Å²) in [5, 5.41) is 0. The van der Waals surface area contributed by atoms with Gasteiger partial charge < -0.3 is 4.90 Å². The summed E-state index contributed by atoms with van der Waals surface area (Å²) in [4.78, 5) is 2.68. The van der Waals surface area contributed by atoms with E-state index in [0.29, 0.717) is 0 Å². The molecule has 0 spiro atoms. The Morgan fingerprint density at radius 2 is 1.64 bits per heavy atom. The van der Waals surface area contributed by atoms with Crippen LogP contribution in [-0.4, -0.2) is 24.5 Å². The quantitative estimate of drug-likeness (QED) is 0.656. The Morgan fingerprint density at radius 1 is 1.00 bits per heavy atom. The third-order valence-corrected chi connectivity index (χ3v) is 3.63. The summed E-state index contributed by atoms with van der Waals surface area (Å²) in [6.07, 6.45) is 4.43. The van der Waals surface area contributed by atoms with Crippen LogP contribution in [0, 0.1) is 17.8 Å². The lowest BCUT2D eigenvalue weighted by atomic mass is 9.88. The molecule has 84 valence electrons. The van der Waals surface area contributed by atoms with Crippen LogP contribution in [0.1, 0.15) is 47.0 Å². The molecule has 0 aromatic heterocycles. The van der Waals surface area contributed by atoms with Crippen molar-refractivity contribution in [3.63, 3.8) is 0 Å². The second-order valence-electron chi connectivity index (χ2n) is 4.95. The van der Waals surface area contributed by atoms with Gasteiger partial charge in [-0.05, 0) is 43.6 Å². The van der Waals surface area contributed by atoms with E-state index in [1.54, 1.807) is 0 Å². The molecule has 1 nitrogen and oxygen atoms in total. The molecule has 1 saturated heterocycles. The standard InChI is InChI=1S/C11H21N.C2H6/c1-9-5-6-12(7-10(9)2)8-11-3-4-11;1-2/h9-11H,3-8H2,1-2H3;1-2H3. The van der Waals surface area contributed by atoms with Crippen LogP contribution in [0.3, 0.4) is 0 Å². The second-order valence-corrected chi connectivity index (χ2v) is 4.95. The summed E-state index contributed by atoms with van der Waals surface area (Å²) in [7, 11) is 0. The Labute approximate surface area is 89.9 Å². The van der Waals surface area contributed by atoms with Crippen molar-refractivity contribution in [2.45, 2.75) is 47.0 Å². The molecular formula is C13H27N. The second kappa shape index (κ2) is 5.75. The van der Waals surface area contributed by atoms with Crippen molar-refractivity contribution in [1.82, 2.24) is 4.90 Å². The molecule has 0 bridgehead atoms. The van der Waals surface area contributed by atoms with Crippen molar-refractivity contribution in [3.05, 3.63) is 0 Å². The molecule has 2 aliphatic rings. The van der Waals surface area contributed by atoms with Crippen molar-refractivity contribution < 1.29 is 0 Å². The van der Waals surface area contributed by atoms with E-state index in [4.69, 9.17) is 0 Å². The molecule has 0 radical (unpaired) electrons. The first-order valence-electron chi connectivity index (χ1n) is 6.48. The van der Waals surface area contributed by atoms with E-state index >= 15 is 0 Å². The van der Waals surface area contributed by atoms with Crippen molar-refractivity contribution in [3.8, 4) is 0 Å². The summed E-state index contributed by atoms with van der Waals surface area (Å²) in [6, 6.07) is 0. The van der Waals surface area contributed by atoms with Crippen LogP contribution in [0.5, 0.6) is 0 Å². The fraction of sp³-hybridized carbons (Fsp3) is 1.00. The smallest absolute Gasteiger partial charge is 0.000978 e. The minimum atomic E-state index is 0.928. The normalized spacial score (nSPS) is 33.4. The predicted molar refractivity (Wildman–Crippen MR) is 63.5 cm³/mol. The third kappa shape index (κ3) is 3.61. The van der Waals surface area contributed by atoms with Crippen LogP contribution in [0.2, 0.25) is 0 Å². The molecule has 2 rings (SSSR count). The van der Waals surface area contributed by atoms with E-state index in [-0.39, 0.29) is 0 Å². The number of rotatable bonds is 2. The molecule has 1 saturated carbocycles. The van der Waals surface area contributed by atoms with Gasteiger partial charge >= 0.3 is 0 Å². The highest BCUT2D eigenvalue weighted by Gasteiger charge is 2.28. The highest BCUT2D eigenvalue weighted by molar-refractivity contribution is 4.81. The van der Waals surface area contributed by atoms with Crippen molar-refractivity contribution >= 4 is 0 Å². The summed E-state index contributed by atoms with van der Waals surface area (Å²) < 4.78 is 0. The van der Waals surface area contributed by atoms with Crippen LogP contribution < -0.4 is 0 Å². The fourth-order valence-electron chi connectivity index (χ4n) is 2.18. The first-order valence-corrected chi connectivity index (χ1v) is 6.48. The van der Waals surface area contributed by atoms with Crippen molar-refractivity contribution in [2.75, 3.05) is 19.6 Å². The van der Waals surface area contributed by atoms with Crippen molar-refractivity contribution in [1.29, 1.82) is 0 Å². The van der Waals surface area contributed by atoms with Crippen LogP contribution in [-0.2, 0) is 0 Å². The fourth-order valence-corrected chi connectivity index (χ4v) is 2.18. The zero-order chi connectivity index (χ0) is 10.6. The SMILES string of the molecule is CC.CC1CCN(CC2CC2)CC1C. The molecular weight excluding hydrogens is 170 g/mol. The third-order valence-electron chi connectivity index (χ3n) is 3.63. The van der Waals surface area contributed by atoms with E-state index in [1.807, 2.05) is 13.8 Å². The van der Waals surface area contributed by atoms with Gasteiger partial charge in [0.15, 0.2) is 0 Å². The maximum atomic E-state index is 2.68. The van der Waals surface area contributed by atoms with E-state index in [2.05, 4.69) is 18.7 Å². The number of nitrogens with zero attached hydrogens (tertiary/aromatic N) is 1. The predicted octanol–water partition coefficient (Wildman–Crippen LogP) is 3.40. The maximum absolute atomic E-state index is 2.68. The molecule has 2 atom stereocenters. The van der Waals surface area contributed by atoms with Gasteiger partial charge in [0.1, 0.15) is 0 Å². The topological polar surface area (TPSA) is 3.24 Å². The van der Waals surface area contributed by atoms with Crippen LogP contribution in [0.15, 0.2) is 0 Å². The lowest BCUT2D eigenvalue weighted by Gasteiger charge is -2.35. The molecule has 14 heavy (non-hydrogen) atoms. The first-order chi connectivity index (χ1) is 6.75. The number of hydrogen-bond donors (Lipinski definition) is 0. The minimum Gasteiger partial charge on any atom is -0.303 e. The molecule has 0 amide bonds. The molecule has 0 aromatic carbocycles. The lowest BCUT2D eigenvalue weighted by molar-refractivity contribution is 0.134. The molecule has 0 N–H and O–H groups in total. The van der Waals surface area contributed by atoms with Gasteiger partial charge in [0.05, 0.1) is 0 Å². The molecule has 1 heterocycles. The zero-order valence-electron chi connectivity index (χ0n) is 10.4. The van der Waals surface area contributed by atoms with Gasteiger partial charge in [-0.25, -0.2) is 0 Å². The molecule has 0 aromatic rings.